The molecule has 1 unspecified atom stereocenters. The SMILES string of the molecule is CCNC(Cc1cn(C)nn1)c1ccc2ccccc2n1. The summed E-state index contributed by atoms with van der Waals surface area (Å²) in [5, 5.41) is 12.8. The third-order valence-electron chi connectivity index (χ3n) is 3.49. The highest BCUT2D eigenvalue weighted by Gasteiger charge is 2.15. The van der Waals surface area contributed by atoms with Gasteiger partial charge in [0.2, 0.25) is 0 Å². The molecule has 0 aliphatic heterocycles. The predicted molar refractivity (Wildman–Crippen MR) is 82.9 cm³/mol. The second-order valence-electron chi connectivity index (χ2n) is 5.13. The van der Waals surface area contributed by atoms with Crippen LogP contribution in [0, 0.1) is 0 Å². The van der Waals surface area contributed by atoms with Gasteiger partial charge in [-0.3, -0.25) is 9.67 Å². The highest BCUT2D eigenvalue weighted by Crippen LogP contribution is 2.19. The van der Waals surface area contributed by atoms with E-state index in [-0.39, 0.29) is 6.04 Å². The van der Waals surface area contributed by atoms with Crippen LogP contribution in [0.25, 0.3) is 10.9 Å². The number of rotatable bonds is 5. The minimum Gasteiger partial charge on any atom is -0.309 e. The summed E-state index contributed by atoms with van der Waals surface area (Å²) < 4.78 is 1.73. The van der Waals surface area contributed by atoms with Crippen molar-refractivity contribution in [2.45, 2.75) is 19.4 Å². The van der Waals surface area contributed by atoms with Crippen molar-refractivity contribution < 1.29 is 0 Å². The maximum atomic E-state index is 4.78. The summed E-state index contributed by atoms with van der Waals surface area (Å²) in [6, 6.07) is 12.5. The van der Waals surface area contributed by atoms with Crippen molar-refractivity contribution in [1.82, 2.24) is 25.3 Å². The van der Waals surface area contributed by atoms with Gasteiger partial charge in [-0.2, -0.15) is 0 Å². The van der Waals surface area contributed by atoms with Gasteiger partial charge in [0, 0.05) is 25.1 Å². The Labute approximate surface area is 124 Å². The van der Waals surface area contributed by atoms with E-state index in [1.54, 1.807) is 4.68 Å². The molecule has 0 amide bonds. The van der Waals surface area contributed by atoms with E-state index in [1.807, 2.05) is 31.4 Å². The lowest BCUT2D eigenvalue weighted by Crippen LogP contribution is -2.24. The lowest BCUT2D eigenvalue weighted by atomic mass is 10.1. The van der Waals surface area contributed by atoms with E-state index in [4.69, 9.17) is 4.98 Å². The third kappa shape index (κ3) is 3.08. The molecule has 3 rings (SSSR count). The third-order valence-corrected chi connectivity index (χ3v) is 3.49. The van der Waals surface area contributed by atoms with Crippen LogP contribution in [0.15, 0.2) is 42.6 Å². The Morgan fingerprint density at radius 1 is 1.19 bits per heavy atom. The summed E-state index contributed by atoms with van der Waals surface area (Å²) in [5.74, 6) is 0. The Morgan fingerprint density at radius 2 is 2.05 bits per heavy atom. The Kier molecular flexibility index (Phi) is 3.92. The number of aryl methyl sites for hydroxylation is 1. The van der Waals surface area contributed by atoms with Crippen LogP contribution in [0.1, 0.15) is 24.4 Å². The number of hydrogen-bond acceptors (Lipinski definition) is 4. The fraction of sp³-hybridized carbons (Fsp3) is 0.312. The zero-order valence-electron chi connectivity index (χ0n) is 12.3. The zero-order chi connectivity index (χ0) is 14.7. The number of nitrogens with one attached hydrogen (secondary N) is 1. The highest BCUT2D eigenvalue weighted by atomic mass is 15.4. The molecular formula is C16H19N5. The second-order valence-corrected chi connectivity index (χ2v) is 5.13. The van der Waals surface area contributed by atoms with Crippen LogP contribution in [-0.4, -0.2) is 26.5 Å². The fourth-order valence-corrected chi connectivity index (χ4v) is 2.50. The van der Waals surface area contributed by atoms with E-state index in [9.17, 15) is 0 Å². The van der Waals surface area contributed by atoms with Gasteiger partial charge in [-0.15, -0.1) is 5.10 Å². The first-order chi connectivity index (χ1) is 10.3. The Bertz CT molecular complexity index is 734. The average Bonchev–Trinajstić information content (AvgIpc) is 2.91. The Hall–Kier alpha value is -2.27. The first-order valence-electron chi connectivity index (χ1n) is 7.20. The van der Waals surface area contributed by atoms with E-state index in [0.29, 0.717) is 0 Å². The minimum atomic E-state index is 0.149. The number of pyridine rings is 1. The Balaban J connectivity index is 1.90. The molecule has 0 aliphatic rings. The normalized spacial score (nSPS) is 12.7. The fourth-order valence-electron chi connectivity index (χ4n) is 2.50. The molecule has 0 aliphatic carbocycles. The van der Waals surface area contributed by atoms with Gasteiger partial charge in [0.15, 0.2) is 0 Å². The van der Waals surface area contributed by atoms with Crippen molar-refractivity contribution in [2.75, 3.05) is 6.54 Å². The second kappa shape index (κ2) is 6.01. The average molecular weight is 281 g/mol. The van der Waals surface area contributed by atoms with Gasteiger partial charge in [-0.25, -0.2) is 0 Å². The van der Waals surface area contributed by atoms with Crippen molar-refractivity contribution in [3.8, 4) is 0 Å². The van der Waals surface area contributed by atoms with Gasteiger partial charge in [0.05, 0.1) is 22.9 Å². The molecule has 0 radical (unpaired) electrons. The van der Waals surface area contributed by atoms with Crippen LogP contribution in [-0.2, 0) is 13.5 Å². The zero-order valence-corrected chi connectivity index (χ0v) is 12.3. The summed E-state index contributed by atoms with van der Waals surface area (Å²) in [4.78, 5) is 4.78. The molecule has 1 atom stereocenters. The van der Waals surface area contributed by atoms with Crippen LogP contribution in [0.5, 0.6) is 0 Å². The maximum absolute atomic E-state index is 4.78. The molecule has 1 N–H and O–H groups in total. The summed E-state index contributed by atoms with van der Waals surface area (Å²) in [5.41, 5.74) is 3.04. The summed E-state index contributed by atoms with van der Waals surface area (Å²) in [7, 11) is 1.88. The van der Waals surface area contributed by atoms with Crippen LogP contribution in [0.2, 0.25) is 0 Å². The minimum absolute atomic E-state index is 0.149. The number of likely N-dealkylation sites (N-methyl/N-ethyl adjacent to an activating group) is 1. The van der Waals surface area contributed by atoms with Gasteiger partial charge >= 0.3 is 0 Å². The smallest absolute Gasteiger partial charge is 0.0846 e. The molecule has 5 heteroatoms. The van der Waals surface area contributed by atoms with Crippen molar-refractivity contribution in [1.29, 1.82) is 0 Å². The van der Waals surface area contributed by atoms with Gasteiger partial charge in [-0.05, 0) is 18.7 Å². The van der Waals surface area contributed by atoms with Crippen LogP contribution in [0.3, 0.4) is 0 Å². The van der Waals surface area contributed by atoms with Crippen molar-refractivity contribution in [3.05, 3.63) is 54.0 Å². The number of aromatic nitrogens is 4. The predicted octanol–water partition coefficient (Wildman–Crippen LogP) is 2.26. The molecule has 2 heterocycles. The molecular weight excluding hydrogens is 262 g/mol. The van der Waals surface area contributed by atoms with E-state index < -0.39 is 0 Å². The monoisotopic (exact) mass is 281 g/mol. The van der Waals surface area contributed by atoms with Crippen LogP contribution < -0.4 is 5.32 Å². The summed E-state index contributed by atoms with van der Waals surface area (Å²) in [6.07, 6.45) is 2.73. The summed E-state index contributed by atoms with van der Waals surface area (Å²) in [6.45, 7) is 2.99. The molecule has 0 fully saturated rings. The van der Waals surface area contributed by atoms with Crippen molar-refractivity contribution in [3.63, 3.8) is 0 Å². The van der Waals surface area contributed by atoms with Gasteiger partial charge in [-0.1, -0.05) is 36.4 Å². The molecule has 3 aromatic rings. The maximum Gasteiger partial charge on any atom is 0.0846 e. The first kappa shape index (κ1) is 13.7. The molecule has 1 aromatic carbocycles. The Morgan fingerprint density at radius 3 is 2.81 bits per heavy atom. The molecule has 108 valence electrons. The number of para-hydroxylation sites is 1. The number of hydrogen-bond donors (Lipinski definition) is 1. The van der Waals surface area contributed by atoms with E-state index in [1.165, 1.54) is 0 Å². The number of fused-ring (bicyclic) bond motifs is 1. The van der Waals surface area contributed by atoms with Gasteiger partial charge in [0.25, 0.3) is 0 Å². The van der Waals surface area contributed by atoms with Gasteiger partial charge in [0.1, 0.15) is 0 Å². The first-order valence-corrected chi connectivity index (χ1v) is 7.20. The topological polar surface area (TPSA) is 55.6 Å². The lowest BCUT2D eigenvalue weighted by molar-refractivity contribution is 0.532. The highest BCUT2D eigenvalue weighted by molar-refractivity contribution is 5.78. The van der Waals surface area contributed by atoms with Crippen molar-refractivity contribution in [2.24, 2.45) is 7.05 Å². The molecule has 0 saturated heterocycles. The summed E-state index contributed by atoms with van der Waals surface area (Å²) >= 11 is 0. The van der Waals surface area contributed by atoms with E-state index >= 15 is 0 Å². The van der Waals surface area contributed by atoms with Crippen LogP contribution >= 0.6 is 0 Å². The van der Waals surface area contributed by atoms with Crippen molar-refractivity contribution >= 4 is 10.9 Å². The standard InChI is InChI=1S/C16H19N5/c1-3-17-16(10-13-11-21(2)20-19-13)15-9-8-12-6-4-5-7-14(12)18-15/h4-9,11,16-17H,3,10H2,1-2H3. The molecule has 0 bridgehead atoms. The van der Waals surface area contributed by atoms with E-state index in [2.05, 4.69) is 40.8 Å². The quantitative estimate of drug-likeness (QED) is 0.779. The number of benzene rings is 1. The largest absolute Gasteiger partial charge is 0.309 e. The number of nitrogens with zero attached hydrogens (tertiary/aromatic N) is 4. The lowest BCUT2D eigenvalue weighted by Gasteiger charge is -2.16. The molecule has 2 aromatic heterocycles. The van der Waals surface area contributed by atoms with E-state index in [0.717, 1.165) is 35.3 Å². The van der Waals surface area contributed by atoms with Gasteiger partial charge < -0.3 is 5.32 Å². The molecule has 0 spiro atoms. The van der Waals surface area contributed by atoms with Crippen LogP contribution in [0.4, 0.5) is 0 Å². The molecule has 0 saturated carbocycles. The molecule has 21 heavy (non-hydrogen) atoms. The molecule has 5 nitrogen and oxygen atoms in total.